The molecule has 0 radical (unpaired) electrons. The van der Waals surface area contributed by atoms with Gasteiger partial charge in [0, 0.05) is 25.2 Å². The third-order valence-corrected chi connectivity index (χ3v) is 3.72. The lowest BCUT2D eigenvalue weighted by atomic mass is 10.0. The highest BCUT2D eigenvalue weighted by atomic mass is 16.6. The average molecular weight is 330 g/mol. The summed E-state index contributed by atoms with van der Waals surface area (Å²) in [6, 6.07) is 7.97. The first kappa shape index (κ1) is 16.4. The Morgan fingerprint density at radius 2 is 2.21 bits per heavy atom. The molecule has 8 nitrogen and oxygen atoms in total. The van der Waals surface area contributed by atoms with Crippen LogP contribution in [0.3, 0.4) is 0 Å². The molecule has 128 valence electrons. The molecule has 2 N–H and O–H groups in total. The van der Waals surface area contributed by atoms with Crippen LogP contribution >= 0.6 is 0 Å². The van der Waals surface area contributed by atoms with Gasteiger partial charge in [-0.25, -0.2) is 4.79 Å². The molecule has 24 heavy (non-hydrogen) atoms. The molecule has 0 spiro atoms. The second-order valence-electron chi connectivity index (χ2n) is 6.79. The molecule has 1 aromatic carbocycles. The Kier molecular flexibility index (Phi) is 4.48. The number of hydrogen-bond donors (Lipinski definition) is 2. The zero-order valence-electron chi connectivity index (χ0n) is 14.1. The van der Waals surface area contributed by atoms with E-state index < -0.39 is 5.60 Å². The fourth-order valence-corrected chi connectivity index (χ4v) is 2.64. The Morgan fingerprint density at radius 3 is 2.92 bits per heavy atom. The fraction of sp³-hybridized carbons (Fsp3) is 0.500. The van der Waals surface area contributed by atoms with E-state index in [-0.39, 0.29) is 12.1 Å². The summed E-state index contributed by atoms with van der Waals surface area (Å²) in [4.78, 5) is 14.0. The lowest BCUT2D eigenvalue weighted by Crippen LogP contribution is -2.49. The molecule has 1 fully saturated rings. The van der Waals surface area contributed by atoms with Gasteiger partial charge in [0.15, 0.2) is 0 Å². The number of tetrazole rings is 1. The Hall–Kier alpha value is -2.48. The topological polar surface area (TPSA) is 96.0 Å². The van der Waals surface area contributed by atoms with Gasteiger partial charge in [0.05, 0.1) is 6.04 Å². The van der Waals surface area contributed by atoms with Crippen LogP contribution in [0.25, 0.3) is 11.4 Å². The number of benzene rings is 1. The summed E-state index contributed by atoms with van der Waals surface area (Å²) in [5.74, 6) is 0.552. The van der Waals surface area contributed by atoms with Crippen LogP contribution in [0.15, 0.2) is 24.3 Å². The van der Waals surface area contributed by atoms with Crippen LogP contribution in [-0.2, 0) is 4.74 Å². The minimum atomic E-state index is -0.490. The van der Waals surface area contributed by atoms with Gasteiger partial charge in [0.1, 0.15) is 5.60 Å². The molecule has 1 aliphatic heterocycles. The van der Waals surface area contributed by atoms with E-state index in [2.05, 4.69) is 25.9 Å². The number of ether oxygens (including phenoxy) is 1. The van der Waals surface area contributed by atoms with Crippen molar-refractivity contribution in [1.29, 1.82) is 0 Å². The van der Waals surface area contributed by atoms with E-state index in [1.165, 1.54) is 0 Å². The van der Waals surface area contributed by atoms with Gasteiger partial charge in [0.25, 0.3) is 0 Å². The van der Waals surface area contributed by atoms with Crippen LogP contribution in [0.5, 0.6) is 0 Å². The van der Waals surface area contributed by atoms with Gasteiger partial charge in [0.2, 0.25) is 5.82 Å². The van der Waals surface area contributed by atoms with Gasteiger partial charge in [-0.15, -0.1) is 10.2 Å². The number of hydrogen-bond acceptors (Lipinski definition) is 6. The van der Waals surface area contributed by atoms with Crippen LogP contribution in [0.2, 0.25) is 0 Å². The molecular weight excluding hydrogens is 308 g/mol. The van der Waals surface area contributed by atoms with Crippen LogP contribution in [-0.4, -0.2) is 56.9 Å². The summed E-state index contributed by atoms with van der Waals surface area (Å²) in [5, 5.41) is 17.5. The van der Waals surface area contributed by atoms with Crippen LogP contribution in [0.1, 0.15) is 32.4 Å². The van der Waals surface area contributed by atoms with E-state index in [0.717, 1.165) is 17.7 Å². The van der Waals surface area contributed by atoms with Crippen LogP contribution in [0.4, 0.5) is 4.79 Å². The van der Waals surface area contributed by atoms with Crippen molar-refractivity contribution >= 4 is 6.09 Å². The number of piperazine rings is 1. The number of nitrogens with one attached hydrogen (secondary N) is 2. The van der Waals surface area contributed by atoms with E-state index >= 15 is 0 Å². The molecule has 8 heteroatoms. The first-order valence-corrected chi connectivity index (χ1v) is 7.97. The molecule has 1 unspecified atom stereocenters. The van der Waals surface area contributed by atoms with Gasteiger partial charge < -0.3 is 15.0 Å². The molecule has 1 aromatic heterocycles. The first-order valence-electron chi connectivity index (χ1n) is 7.97. The maximum Gasteiger partial charge on any atom is 0.410 e. The zero-order valence-corrected chi connectivity index (χ0v) is 14.1. The molecule has 1 atom stereocenters. The predicted molar refractivity (Wildman–Crippen MR) is 88.2 cm³/mol. The monoisotopic (exact) mass is 330 g/mol. The molecule has 3 rings (SSSR count). The van der Waals surface area contributed by atoms with Gasteiger partial charge in [-0.3, -0.25) is 0 Å². The molecule has 0 bridgehead atoms. The zero-order chi connectivity index (χ0) is 17.2. The van der Waals surface area contributed by atoms with Crippen molar-refractivity contribution in [2.24, 2.45) is 0 Å². The Morgan fingerprint density at radius 1 is 1.38 bits per heavy atom. The second-order valence-corrected chi connectivity index (χ2v) is 6.79. The number of H-pyrrole nitrogens is 1. The summed E-state index contributed by atoms with van der Waals surface area (Å²) in [5.41, 5.74) is 1.47. The fourth-order valence-electron chi connectivity index (χ4n) is 2.64. The standard InChI is InChI=1S/C16H22N6O2/c1-16(2,3)24-15(23)22-8-7-17-13(10-22)11-5-4-6-12(9-11)14-18-20-21-19-14/h4-6,9,13,17H,7-8,10H2,1-3H3,(H,18,19,20,21). The van der Waals surface area contributed by atoms with Crippen molar-refractivity contribution in [2.45, 2.75) is 32.4 Å². The van der Waals surface area contributed by atoms with Gasteiger partial charge >= 0.3 is 6.09 Å². The van der Waals surface area contributed by atoms with Crippen molar-refractivity contribution in [3.63, 3.8) is 0 Å². The Bertz CT molecular complexity index is 695. The van der Waals surface area contributed by atoms with Gasteiger partial charge in [-0.1, -0.05) is 18.2 Å². The Labute approximate surface area is 140 Å². The summed E-state index contributed by atoms with van der Waals surface area (Å²) in [7, 11) is 0. The summed E-state index contributed by atoms with van der Waals surface area (Å²) in [6.07, 6.45) is -0.275. The van der Waals surface area contributed by atoms with E-state index in [4.69, 9.17) is 4.74 Å². The van der Waals surface area contributed by atoms with E-state index in [9.17, 15) is 4.79 Å². The number of aromatic nitrogens is 4. The lowest BCUT2D eigenvalue weighted by molar-refractivity contribution is 0.0195. The number of carbonyl (C=O) groups is 1. The molecule has 0 saturated carbocycles. The van der Waals surface area contributed by atoms with Gasteiger partial charge in [-0.2, -0.15) is 5.21 Å². The van der Waals surface area contributed by atoms with Crippen LogP contribution < -0.4 is 5.32 Å². The third kappa shape index (κ3) is 3.88. The number of carbonyl (C=O) groups excluding carboxylic acids is 1. The molecule has 2 aromatic rings. The minimum Gasteiger partial charge on any atom is -0.444 e. The van der Waals surface area contributed by atoms with E-state index in [0.29, 0.717) is 18.9 Å². The van der Waals surface area contributed by atoms with Crippen LogP contribution in [0, 0.1) is 0 Å². The lowest BCUT2D eigenvalue weighted by Gasteiger charge is -2.35. The number of amides is 1. The quantitative estimate of drug-likeness (QED) is 0.871. The number of aromatic amines is 1. The molecule has 1 aliphatic rings. The van der Waals surface area contributed by atoms with Crippen molar-refractivity contribution in [3.05, 3.63) is 29.8 Å². The molecular formula is C16H22N6O2. The molecule has 0 aliphatic carbocycles. The van der Waals surface area contributed by atoms with Gasteiger partial charge in [-0.05, 0) is 37.6 Å². The molecule has 2 heterocycles. The highest BCUT2D eigenvalue weighted by molar-refractivity contribution is 5.68. The summed E-state index contributed by atoms with van der Waals surface area (Å²) >= 11 is 0. The maximum atomic E-state index is 12.3. The highest BCUT2D eigenvalue weighted by Gasteiger charge is 2.28. The summed E-state index contributed by atoms with van der Waals surface area (Å²) in [6.45, 7) is 7.54. The Balaban J connectivity index is 1.73. The first-order chi connectivity index (χ1) is 11.4. The van der Waals surface area contributed by atoms with Crippen molar-refractivity contribution in [2.75, 3.05) is 19.6 Å². The number of rotatable bonds is 2. The predicted octanol–water partition coefficient (Wildman–Crippen LogP) is 1.75. The largest absolute Gasteiger partial charge is 0.444 e. The SMILES string of the molecule is CC(C)(C)OC(=O)N1CCNC(c2cccc(-c3nn[nH]n3)c2)C1. The van der Waals surface area contributed by atoms with E-state index in [1.54, 1.807) is 4.90 Å². The normalized spacial score (nSPS) is 18.5. The van der Waals surface area contributed by atoms with Crippen molar-refractivity contribution in [3.8, 4) is 11.4 Å². The van der Waals surface area contributed by atoms with Crippen molar-refractivity contribution in [1.82, 2.24) is 30.8 Å². The third-order valence-electron chi connectivity index (χ3n) is 3.72. The minimum absolute atomic E-state index is 0.0399. The molecule has 1 amide bonds. The summed E-state index contributed by atoms with van der Waals surface area (Å²) < 4.78 is 5.47. The van der Waals surface area contributed by atoms with Crippen molar-refractivity contribution < 1.29 is 9.53 Å². The molecule has 1 saturated heterocycles. The second kappa shape index (κ2) is 6.56. The smallest absolute Gasteiger partial charge is 0.410 e. The highest BCUT2D eigenvalue weighted by Crippen LogP contribution is 2.23. The van der Waals surface area contributed by atoms with E-state index in [1.807, 2.05) is 45.0 Å². The number of nitrogens with zero attached hydrogens (tertiary/aromatic N) is 4. The maximum absolute atomic E-state index is 12.3. The average Bonchev–Trinajstić information content (AvgIpc) is 3.08.